The summed E-state index contributed by atoms with van der Waals surface area (Å²) in [4.78, 5) is 16.8. The highest BCUT2D eigenvalue weighted by atomic mass is 16.5. The lowest BCUT2D eigenvalue weighted by molar-refractivity contribution is -0.126. The van der Waals surface area contributed by atoms with E-state index in [4.69, 9.17) is 14.2 Å². The maximum Gasteiger partial charge on any atom is 0.246 e. The molecule has 0 aromatic heterocycles. The van der Waals surface area contributed by atoms with E-state index < -0.39 is 0 Å². The first-order chi connectivity index (χ1) is 15.1. The largest absolute Gasteiger partial charge is 0.497 e. The Labute approximate surface area is 185 Å². The van der Waals surface area contributed by atoms with E-state index in [1.165, 1.54) is 0 Å². The van der Waals surface area contributed by atoms with Gasteiger partial charge in [0.25, 0.3) is 0 Å². The van der Waals surface area contributed by atoms with Crippen molar-refractivity contribution in [1.82, 2.24) is 4.90 Å². The van der Waals surface area contributed by atoms with Gasteiger partial charge in [-0.3, -0.25) is 4.79 Å². The maximum absolute atomic E-state index is 12.6. The number of rotatable bonds is 9. The Hall–Kier alpha value is -3.15. The van der Waals surface area contributed by atoms with Crippen molar-refractivity contribution in [3.05, 3.63) is 54.1 Å². The standard InChI is InChI=1S/C25H32N2O4/c1-4-5-18-31-23-12-6-20(19-24(23)30-3)7-13-25(28)27-16-14-26(15-17-27)21-8-10-22(29-2)11-9-21/h6-13,19H,4-5,14-18H2,1-3H3/b13-7+. The molecule has 166 valence electrons. The molecular formula is C25H32N2O4. The molecule has 31 heavy (non-hydrogen) atoms. The SMILES string of the molecule is CCCCOc1ccc(/C=C/C(=O)N2CCN(c3ccc(OC)cc3)CC2)cc1OC. The smallest absolute Gasteiger partial charge is 0.246 e. The topological polar surface area (TPSA) is 51.2 Å². The Morgan fingerprint density at radius 1 is 0.968 bits per heavy atom. The number of methoxy groups -OCH3 is 2. The highest BCUT2D eigenvalue weighted by Gasteiger charge is 2.20. The molecule has 0 unspecified atom stereocenters. The van der Waals surface area contributed by atoms with Crippen LogP contribution in [0.2, 0.25) is 0 Å². The number of benzene rings is 2. The quantitative estimate of drug-likeness (QED) is 0.445. The summed E-state index contributed by atoms with van der Waals surface area (Å²) in [6.07, 6.45) is 5.55. The summed E-state index contributed by atoms with van der Waals surface area (Å²) < 4.78 is 16.4. The third-order valence-corrected chi connectivity index (χ3v) is 5.39. The molecule has 1 aliphatic heterocycles. The lowest BCUT2D eigenvalue weighted by Gasteiger charge is -2.35. The van der Waals surface area contributed by atoms with Gasteiger partial charge >= 0.3 is 0 Å². The molecule has 0 N–H and O–H groups in total. The lowest BCUT2D eigenvalue weighted by Crippen LogP contribution is -2.48. The fourth-order valence-electron chi connectivity index (χ4n) is 3.48. The number of ether oxygens (including phenoxy) is 3. The predicted octanol–water partition coefficient (Wildman–Crippen LogP) is 4.24. The number of hydrogen-bond donors (Lipinski definition) is 0. The van der Waals surface area contributed by atoms with Crippen LogP contribution in [0, 0.1) is 0 Å². The van der Waals surface area contributed by atoms with Gasteiger partial charge in [-0.15, -0.1) is 0 Å². The van der Waals surface area contributed by atoms with Crippen molar-refractivity contribution in [1.29, 1.82) is 0 Å². The van der Waals surface area contributed by atoms with Crippen LogP contribution in [0.15, 0.2) is 48.5 Å². The number of piperazine rings is 1. The predicted molar refractivity (Wildman–Crippen MR) is 124 cm³/mol. The van der Waals surface area contributed by atoms with Crippen LogP contribution >= 0.6 is 0 Å². The third-order valence-electron chi connectivity index (χ3n) is 5.39. The second-order valence-electron chi connectivity index (χ2n) is 7.46. The van der Waals surface area contributed by atoms with E-state index in [0.717, 1.165) is 48.7 Å². The van der Waals surface area contributed by atoms with Crippen molar-refractivity contribution in [2.24, 2.45) is 0 Å². The molecule has 0 bridgehead atoms. The van der Waals surface area contributed by atoms with Crippen molar-refractivity contribution in [3.63, 3.8) is 0 Å². The molecule has 1 saturated heterocycles. The van der Waals surface area contributed by atoms with Crippen LogP contribution in [0.25, 0.3) is 6.08 Å². The molecule has 0 radical (unpaired) electrons. The number of unbranched alkanes of at least 4 members (excludes halogenated alkanes) is 1. The van der Waals surface area contributed by atoms with Crippen molar-refractivity contribution in [2.45, 2.75) is 19.8 Å². The zero-order chi connectivity index (χ0) is 22.1. The van der Waals surface area contributed by atoms with E-state index >= 15 is 0 Å². The molecule has 1 amide bonds. The van der Waals surface area contributed by atoms with E-state index in [9.17, 15) is 4.79 Å². The molecule has 0 aliphatic carbocycles. The van der Waals surface area contributed by atoms with Gasteiger partial charge in [0.1, 0.15) is 5.75 Å². The monoisotopic (exact) mass is 424 g/mol. The van der Waals surface area contributed by atoms with Crippen LogP contribution in [-0.2, 0) is 4.79 Å². The first kappa shape index (κ1) is 22.5. The van der Waals surface area contributed by atoms with Crippen molar-refractivity contribution >= 4 is 17.7 Å². The summed E-state index contributed by atoms with van der Waals surface area (Å²) in [5.41, 5.74) is 2.06. The van der Waals surface area contributed by atoms with Crippen LogP contribution in [-0.4, -0.2) is 57.8 Å². The van der Waals surface area contributed by atoms with E-state index in [1.54, 1.807) is 20.3 Å². The van der Waals surface area contributed by atoms with Gasteiger partial charge in [-0.05, 0) is 54.5 Å². The van der Waals surface area contributed by atoms with Gasteiger partial charge in [-0.25, -0.2) is 0 Å². The number of carbonyl (C=O) groups is 1. The summed E-state index contributed by atoms with van der Waals surface area (Å²) in [6, 6.07) is 13.8. The van der Waals surface area contributed by atoms with E-state index in [0.29, 0.717) is 25.4 Å². The number of carbonyl (C=O) groups excluding carboxylic acids is 1. The summed E-state index contributed by atoms with van der Waals surface area (Å²) in [7, 11) is 3.29. The summed E-state index contributed by atoms with van der Waals surface area (Å²) in [5, 5.41) is 0. The normalized spacial score (nSPS) is 14.0. The first-order valence-corrected chi connectivity index (χ1v) is 10.8. The Kier molecular flexibility index (Phi) is 8.21. The number of anilines is 1. The highest BCUT2D eigenvalue weighted by Crippen LogP contribution is 2.29. The van der Waals surface area contributed by atoms with Gasteiger partial charge in [-0.2, -0.15) is 0 Å². The molecular weight excluding hydrogens is 392 g/mol. The minimum atomic E-state index is 0.0246. The summed E-state index contributed by atoms with van der Waals surface area (Å²) in [5.74, 6) is 2.28. The second-order valence-corrected chi connectivity index (χ2v) is 7.46. The first-order valence-electron chi connectivity index (χ1n) is 10.8. The fraction of sp³-hybridized carbons (Fsp3) is 0.400. The van der Waals surface area contributed by atoms with Crippen LogP contribution in [0.1, 0.15) is 25.3 Å². The molecule has 1 heterocycles. The second kappa shape index (κ2) is 11.3. The van der Waals surface area contributed by atoms with Crippen LogP contribution in [0.4, 0.5) is 5.69 Å². The van der Waals surface area contributed by atoms with Gasteiger partial charge in [0.15, 0.2) is 11.5 Å². The van der Waals surface area contributed by atoms with E-state index in [-0.39, 0.29) is 5.91 Å². The Balaban J connectivity index is 1.54. The number of hydrogen-bond acceptors (Lipinski definition) is 5. The summed E-state index contributed by atoms with van der Waals surface area (Å²) >= 11 is 0. The van der Waals surface area contributed by atoms with Gasteiger partial charge in [0, 0.05) is 37.9 Å². The molecule has 0 spiro atoms. The van der Waals surface area contributed by atoms with Crippen LogP contribution in [0.5, 0.6) is 17.2 Å². The molecule has 2 aromatic rings. The number of nitrogens with zero attached hydrogens (tertiary/aromatic N) is 2. The van der Waals surface area contributed by atoms with Gasteiger partial charge in [0.2, 0.25) is 5.91 Å². The molecule has 1 fully saturated rings. The van der Waals surface area contributed by atoms with E-state index in [2.05, 4.69) is 24.0 Å². The molecule has 3 rings (SSSR count). The summed E-state index contributed by atoms with van der Waals surface area (Å²) in [6.45, 7) is 5.81. The van der Waals surface area contributed by atoms with Crippen molar-refractivity contribution in [2.75, 3.05) is 51.9 Å². The van der Waals surface area contributed by atoms with Crippen LogP contribution < -0.4 is 19.1 Å². The Morgan fingerprint density at radius 3 is 2.35 bits per heavy atom. The average Bonchev–Trinajstić information content (AvgIpc) is 2.83. The minimum absolute atomic E-state index is 0.0246. The highest BCUT2D eigenvalue weighted by molar-refractivity contribution is 5.92. The molecule has 6 nitrogen and oxygen atoms in total. The Bertz CT molecular complexity index is 872. The molecule has 0 saturated carbocycles. The fourth-order valence-corrected chi connectivity index (χ4v) is 3.48. The average molecular weight is 425 g/mol. The molecule has 2 aromatic carbocycles. The van der Waals surface area contributed by atoms with Gasteiger partial charge in [-0.1, -0.05) is 19.4 Å². The third kappa shape index (κ3) is 6.17. The van der Waals surface area contributed by atoms with Crippen molar-refractivity contribution < 1.29 is 19.0 Å². The van der Waals surface area contributed by atoms with Gasteiger partial charge < -0.3 is 24.0 Å². The lowest BCUT2D eigenvalue weighted by atomic mass is 10.1. The Morgan fingerprint density at radius 2 is 1.71 bits per heavy atom. The number of amides is 1. The molecule has 0 atom stereocenters. The van der Waals surface area contributed by atoms with E-state index in [1.807, 2.05) is 41.3 Å². The maximum atomic E-state index is 12.6. The van der Waals surface area contributed by atoms with Gasteiger partial charge in [0.05, 0.1) is 20.8 Å². The minimum Gasteiger partial charge on any atom is -0.497 e. The van der Waals surface area contributed by atoms with Crippen LogP contribution in [0.3, 0.4) is 0 Å². The van der Waals surface area contributed by atoms with Crippen molar-refractivity contribution in [3.8, 4) is 17.2 Å². The zero-order valence-electron chi connectivity index (χ0n) is 18.7. The zero-order valence-corrected chi connectivity index (χ0v) is 18.7. The molecule has 1 aliphatic rings. The molecule has 6 heteroatoms.